The van der Waals surface area contributed by atoms with E-state index in [1.54, 1.807) is 6.92 Å². The van der Waals surface area contributed by atoms with Crippen molar-refractivity contribution >= 4 is 16.7 Å². The minimum absolute atomic E-state index is 0.0846. The molecule has 0 heterocycles. The van der Waals surface area contributed by atoms with Crippen molar-refractivity contribution in [3.8, 4) is 0 Å². The van der Waals surface area contributed by atoms with Gasteiger partial charge in [-0.2, -0.15) is 13.2 Å². The SMILES string of the molecule is Cc1ccc2c(C(F)(F)F)cccc2c1C(=O)O. The summed E-state index contributed by atoms with van der Waals surface area (Å²) in [6.45, 7) is 1.56. The third-order valence-corrected chi connectivity index (χ3v) is 2.79. The van der Waals surface area contributed by atoms with E-state index in [-0.39, 0.29) is 16.3 Å². The molecular weight excluding hydrogens is 245 g/mol. The number of aryl methyl sites for hydroxylation is 1. The van der Waals surface area contributed by atoms with Crippen LogP contribution < -0.4 is 0 Å². The monoisotopic (exact) mass is 254 g/mol. The molecule has 94 valence electrons. The molecule has 0 fully saturated rings. The van der Waals surface area contributed by atoms with Crippen molar-refractivity contribution in [3.05, 3.63) is 47.0 Å². The minimum atomic E-state index is -4.50. The van der Waals surface area contributed by atoms with E-state index in [0.29, 0.717) is 5.56 Å². The summed E-state index contributed by atoms with van der Waals surface area (Å²) in [6.07, 6.45) is -4.50. The van der Waals surface area contributed by atoms with Crippen molar-refractivity contribution in [1.82, 2.24) is 0 Å². The standard InChI is InChI=1S/C13H9F3O2/c1-7-5-6-8-9(11(7)12(17)18)3-2-4-10(8)13(14,15)16/h2-6H,1H3,(H,17,18). The molecular formula is C13H9F3O2. The van der Waals surface area contributed by atoms with E-state index in [9.17, 15) is 18.0 Å². The van der Waals surface area contributed by atoms with Crippen molar-refractivity contribution in [2.75, 3.05) is 0 Å². The minimum Gasteiger partial charge on any atom is -0.478 e. The zero-order valence-electron chi connectivity index (χ0n) is 9.38. The molecule has 0 unspecified atom stereocenters. The molecule has 0 aliphatic carbocycles. The number of hydrogen-bond acceptors (Lipinski definition) is 1. The molecule has 18 heavy (non-hydrogen) atoms. The highest BCUT2D eigenvalue weighted by Crippen LogP contribution is 2.36. The van der Waals surface area contributed by atoms with E-state index >= 15 is 0 Å². The van der Waals surface area contributed by atoms with Crippen LogP contribution in [0.15, 0.2) is 30.3 Å². The van der Waals surface area contributed by atoms with E-state index < -0.39 is 17.7 Å². The second-order valence-corrected chi connectivity index (χ2v) is 3.96. The highest BCUT2D eigenvalue weighted by molar-refractivity contribution is 6.05. The lowest BCUT2D eigenvalue weighted by Crippen LogP contribution is -2.07. The normalized spacial score (nSPS) is 11.8. The van der Waals surface area contributed by atoms with E-state index in [1.165, 1.54) is 24.3 Å². The second-order valence-electron chi connectivity index (χ2n) is 3.96. The number of alkyl halides is 3. The first-order valence-electron chi connectivity index (χ1n) is 5.15. The van der Waals surface area contributed by atoms with Crippen LogP contribution in [-0.4, -0.2) is 11.1 Å². The molecule has 2 aromatic carbocycles. The Morgan fingerprint density at radius 2 is 1.78 bits per heavy atom. The fourth-order valence-electron chi connectivity index (χ4n) is 2.00. The lowest BCUT2D eigenvalue weighted by Gasteiger charge is -2.12. The van der Waals surface area contributed by atoms with Gasteiger partial charge in [-0.1, -0.05) is 24.3 Å². The van der Waals surface area contributed by atoms with Gasteiger partial charge >= 0.3 is 12.1 Å². The molecule has 0 saturated heterocycles. The lowest BCUT2D eigenvalue weighted by atomic mass is 9.96. The van der Waals surface area contributed by atoms with Crippen molar-refractivity contribution in [1.29, 1.82) is 0 Å². The third-order valence-electron chi connectivity index (χ3n) is 2.79. The summed E-state index contributed by atoms with van der Waals surface area (Å²) in [5.41, 5.74) is -0.463. The predicted octanol–water partition coefficient (Wildman–Crippen LogP) is 3.87. The van der Waals surface area contributed by atoms with Gasteiger partial charge in [0.1, 0.15) is 0 Å². The van der Waals surface area contributed by atoms with Gasteiger partial charge in [0.2, 0.25) is 0 Å². The molecule has 0 atom stereocenters. The van der Waals surface area contributed by atoms with Crippen LogP contribution in [-0.2, 0) is 6.18 Å². The Morgan fingerprint density at radius 1 is 1.11 bits per heavy atom. The molecule has 0 spiro atoms. The number of hydrogen-bond donors (Lipinski definition) is 1. The molecule has 0 amide bonds. The smallest absolute Gasteiger partial charge is 0.417 e. The van der Waals surface area contributed by atoms with Crippen LogP contribution in [0.3, 0.4) is 0 Å². The molecule has 0 saturated carbocycles. The third kappa shape index (κ3) is 1.92. The van der Waals surface area contributed by atoms with E-state index in [2.05, 4.69) is 0 Å². The number of halogens is 3. The molecule has 0 bridgehead atoms. The average molecular weight is 254 g/mol. The number of carboxylic acid groups (broad SMARTS) is 1. The Kier molecular flexibility index (Phi) is 2.77. The molecule has 1 N–H and O–H groups in total. The van der Waals surface area contributed by atoms with Gasteiger partial charge < -0.3 is 5.11 Å². The Hall–Kier alpha value is -2.04. The topological polar surface area (TPSA) is 37.3 Å². The van der Waals surface area contributed by atoms with Crippen molar-refractivity contribution in [3.63, 3.8) is 0 Å². The molecule has 0 aliphatic rings. The fourth-order valence-corrected chi connectivity index (χ4v) is 2.00. The zero-order chi connectivity index (χ0) is 13.5. The zero-order valence-corrected chi connectivity index (χ0v) is 9.38. The van der Waals surface area contributed by atoms with Gasteiger partial charge in [0.15, 0.2) is 0 Å². The van der Waals surface area contributed by atoms with Crippen molar-refractivity contribution in [2.24, 2.45) is 0 Å². The Morgan fingerprint density at radius 3 is 2.33 bits per heavy atom. The molecule has 2 aromatic rings. The van der Waals surface area contributed by atoms with Crippen LogP contribution in [0.5, 0.6) is 0 Å². The summed E-state index contributed by atoms with van der Waals surface area (Å²) >= 11 is 0. The molecule has 0 radical (unpaired) electrons. The number of benzene rings is 2. The average Bonchev–Trinajstić information content (AvgIpc) is 2.25. The van der Waals surface area contributed by atoms with E-state index in [1.807, 2.05) is 0 Å². The lowest BCUT2D eigenvalue weighted by molar-refractivity contribution is -0.136. The highest BCUT2D eigenvalue weighted by atomic mass is 19.4. The number of rotatable bonds is 1. The Balaban J connectivity index is 2.90. The van der Waals surface area contributed by atoms with Gasteiger partial charge in [0.05, 0.1) is 11.1 Å². The van der Waals surface area contributed by atoms with Crippen LogP contribution in [0.1, 0.15) is 21.5 Å². The van der Waals surface area contributed by atoms with Crippen molar-refractivity contribution in [2.45, 2.75) is 13.1 Å². The largest absolute Gasteiger partial charge is 0.478 e. The van der Waals surface area contributed by atoms with Gasteiger partial charge in [-0.15, -0.1) is 0 Å². The fraction of sp³-hybridized carbons (Fsp3) is 0.154. The van der Waals surface area contributed by atoms with Gasteiger partial charge in [-0.05, 0) is 29.3 Å². The maximum absolute atomic E-state index is 12.8. The maximum atomic E-state index is 12.8. The summed E-state index contributed by atoms with van der Waals surface area (Å²) in [4.78, 5) is 11.1. The number of fused-ring (bicyclic) bond motifs is 1. The number of carboxylic acids is 1. The van der Waals surface area contributed by atoms with Gasteiger partial charge in [-0.3, -0.25) is 0 Å². The van der Waals surface area contributed by atoms with Gasteiger partial charge in [0.25, 0.3) is 0 Å². The maximum Gasteiger partial charge on any atom is 0.417 e. The summed E-state index contributed by atoms with van der Waals surface area (Å²) in [6, 6.07) is 6.25. The molecule has 5 heteroatoms. The van der Waals surface area contributed by atoms with Crippen LogP contribution in [0.25, 0.3) is 10.8 Å². The Bertz CT molecular complexity index is 630. The molecule has 0 aromatic heterocycles. The first-order chi connectivity index (χ1) is 8.32. The highest BCUT2D eigenvalue weighted by Gasteiger charge is 2.32. The summed E-state index contributed by atoms with van der Waals surface area (Å²) < 4.78 is 38.4. The van der Waals surface area contributed by atoms with Gasteiger partial charge in [-0.25, -0.2) is 4.79 Å². The summed E-state index contributed by atoms with van der Waals surface area (Å²) in [5, 5.41) is 9.09. The predicted molar refractivity (Wildman–Crippen MR) is 60.6 cm³/mol. The first kappa shape index (κ1) is 12.4. The molecule has 0 aliphatic heterocycles. The van der Waals surface area contributed by atoms with Gasteiger partial charge in [0, 0.05) is 0 Å². The van der Waals surface area contributed by atoms with Crippen molar-refractivity contribution < 1.29 is 23.1 Å². The Labute approximate surface area is 101 Å². The van der Waals surface area contributed by atoms with Crippen LogP contribution in [0.4, 0.5) is 13.2 Å². The van der Waals surface area contributed by atoms with Crippen LogP contribution >= 0.6 is 0 Å². The van der Waals surface area contributed by atoms with E-state index in [4.69, 9.17) is 5.11 Å². The van der Waals surface area contributed by atoms with Crippen LogP contribution in [0, 0.1) is 6.92 Å². The van der Waals surface area contributed by atoms with E-state index in [0.717, 1.165) is 6.07 Å². The molecule has 2 nitrogen and oxygen atoms in total. The second kappa shape index (κ2) is 4.01. The number of carbonyl (C=O) groups is 1. The summed E-state index contributed by atoms with van der Waals surface area (Å²) in [5.74, 6) is -1.22. The first-order valence-corrected chi connectivity index (χ1v) is 5.15. The quantitative estimate of drug-likeness (QED) is 0.838. The van der Waals surface area contributed by atoms with Crippen LogP contribution in [0.2, 0.25) is 0 Å². The summed E-state index contributed by atoms with van der Waals surface area (Å²) in [7, 11) is 0. The molecule has 2 rings (SSSR count). The number of aromatic carboxylic acids is 1.